The lowest BCUT2D eigenvalue weighted by molar-refractivity contribution is -0.115. The van der Waals surface area contributed by atoms with Crippen LogP contribution in [0.2, 0.25) is 5.02 Å². The highest BCUT2D eigenvalue weighted by Crippen LogP contribution is 2.40. The highest BCUT2D eigenvalue weighted by molar-refractivity contribution is 8.00. The summed E-state index contributed by atoms with van der Waals surface area (Å²) < 4.78 is 0. The minimum absolute atomic E-state index is 0.0843. The van der Waals surface area contributed by atoms with Crippen molar-refractivity contribution >= 4 is 56.5 Å². The molecule has 1 aromatic carbocycles. The molecule has 0 aliphatic heterocycles. The number of hydrogen-bond acceptors (Lipinski definition) is 5. The molecule has 1 aliphatic carbocycles. The summed E-state index contributed by atoms with van der Waals surface area (Å²) in [6, 6.07) is 7.26. The van der Waals surface area contributed by atoms with Gasteiger partial charge in [-0.05, 0) is 50.3 Å². The number of carbonyl (C=O) groups excluding carboxylic acids is 1. The lowest BCUT2D eigenvalue weighted by atomic mass is 9.97. The average Bonchev–Trinajstić information content (AvgIpc) is 3.03. The Kier molecular flexibility index (Phi) is 5.16. The number of nitrogens with one attached hydrogen (secondary N) is 1. The van der Waals surface area contributed by atoms with Gasteiger partial charge >= 0.3 is 0 Å². The van der Waals surface area contributed by atoms with E-state index < -0.39 is 0 Å². The third-order valence-corrected chi connectivity index (χ3v) is 7.14. The molecule has 0 saturated carbocycles. The van der Waals surface area contributed by atoms with E-state index in [1.165, 1.54) is 35.0 Å². The maximum atomic E-state index is 12.6. The third kappa shape index (κ3) is 3.46. The quantitative estimate of drug-likeness (QED) is 0.471. The summed E-state index contributed by atoms with van der Waals surface area (Å²) in [4.78, 5) is 24.0. The summed E-state index contributed by atoms with van der Waals surface area (Å²) in [5.74, 6) is -0.0843. The SMILES string of the molecule is C[C@H](Sc1ncnc2sc3c(c12)CCCC3)C(=O)Nc1ccccc1Cl. The van der Waals surface area contributed by atoms with Gasteiger partial charge < -0.3 is 5.32 Å². The minimum Gasteiger partial charge on any atom is -0.324 e. The predicted molar refractivity (Wildman–Crippen MR) is 109 cm³/mol. The molecule has 4 nitrogen and oxygen atoms in total. The van der Waals surface area contributed by atoms with E-state index in [-0.39, 0.29) is 11.2 Å². The van der Waals surface area contributed by atoms with Crippen molar-refractivity contribution in [2.24, 2.45) is 0 Å². The number of carbonyl (C=O) groups is 1. The number of anilines is 1. The molecule has 1 atom stereocenters. The smallest absolute Gasteiger partial charge is 0.237 e. The zero-order valence-corrected chi connectivity index (χ0v) is 16.7. The van der Waals surface area contributed by atoms with Crippen LogP contribution in [0.5, 0.6) is 0 Å². The van der Waals surface area contributed by atoms with Crippen molar-refractivity contribution < 1.29 is 4.79 Å². The summed E-state index contributed by atoms with van der Waals surface area (Å²) in [6.45, 7) is 1.89. The Hall–Kier alpha value is -1.63. The van der Waals surface area contributed by atoms with E-state index in [2.05, 4.69) is 15.3 Å². The number of aromatic nitrogens is 2. The molecule has 1 N–H and O–H groups in total. The summed E-state index contributed by atoms with van der Waals surface area (Å²) >= 11 is 9.39. The number of hydrogen-bond donors (Lipinski definition) is 1. The van der Waals surface area contributed by atoms with Gasteiger partial charge in [-0.15, -0.1) is 11.3 Å². The molecule has 26 heavy (non-hydrogen) atoms. The van der Waals surface area contributed by atoms with Gasteiger partial charge in [0, 0.05) is 10.3 Å². The number of para-hydroxylation sites is 1. The number of thioether (sulfide) groups is 1. The number of rotatable bonds is 4. The van der Waals surface area contributed by atoms with Crippen LogP contribution in [0.15, 0.2) is 35.6 Å². The van der Waals surface area contributed by atoms with Crippen LogP contribution in [0.1, 0.15) is 30.2 Å². The molecule has 0 unspecified atom stereocenters. The van der Waals surface area contributed by atoms with Crippen LogP contribution in [0.3, 0.4) is 0 Å². The fourth-order valence-corrected chi connectivity index (χ4v) is 5.59. The molecule has 4 rings (SSSR count). The van der Waals surface area contributed by atoms with E-state index in [0.717, 1.165) is 28.1 Å². The molecule has 0 radical (unpaired) electrons. The van der Waals surface area contributed by atoms with Crippen molar-refractivity contribution in [3.05, 3.63) is 46.1 Å². The molecule has 0 bridgehead atoms. The van der Waals surface area contributed by atoms with Crippen LogP contribution in [-0.2, 0) is 17.6 Å². The number of aryl methyl sites for hydroxylation is 2. The van der Waals surface area contributed by atoms with Crippen LogP contribution in [0.25, 0.3) is 10.2 Å². The first-order valence-corrected chi connectivity index (χ1v) is 10.7. The van der Waals surface area contributed by atoms with Crippen molar-refractivity contribution in [2.45, 2.75) is 42.9 Å². The number of thiophene rings is 1. The van der Waals surface area contributed by atoms with Crippen molar-refractivity contribution in [1.82, 2.24) is 9.97 Å². The molecule has 1 aliphatic rings. The van der Waals surface area contributed by atoms with Gasteiger partial charge in [0.15, 0.2) is 0 Å². The molecule has 0 spiro atoms. The molecular weight excluding hydrogens is 386 g/mol. The molecule has 134 valence electrons. The largest absolute Gasteiger partial charge is 0.324 e. The van der Waals surface area contributed by atoms with E-state index in [4.69, 9.17) is 11.6 Å². The lowest BCUT2D eigenvalue weighted by Gasteiger charge is -2.14. The molecule has 1 amide bonds. The second-order valence-corrected chi connectivity index (χ2v) is 9.12. The Morgan fingerprint density at radius 3 is 2.92 bits per heavy atom. The van der Waals surface area contributed by atoms with Crippen molar-refractivity contribution in [1.29, 1.82) is 0 Å². The van der Waals surface area contributed by atoms with Crippen molar-refractivity contribution in [2.75, 3.05) is 5.32 Å². The maximum Gasteiger partial charge on any atom is 0.237 e. The number of halogens is 1. The summed E-state index contributed by atoms with van der Waals surface area (Å²) in [7, 11) is 0. The van der Waals surface area contributed by atoms with E-state index in [0.29, 0.717) is 10.7 Å². The highest BCUT2D eigenvalue weighted by Gasteiger charge is 2.23. The zero-order valence-electron chi connectivity index (χ0n) is 14.3. The fraction of sp³-hybridized carbons (Fsp3) is 0.316. The van der Waals surface area contributed by atoms with E-state index in [1.807, 2.05) is 19.1 Å². The van der Waals surface area contributed by atoms with E-state index >= 15 is 0 Å². The minimum atomic E-state index is -0.288. The van der Waals surface area contributed by atoms with E-state index in [1.54, 1.807) is 29.8 Å². The van der Waals surface area contributed by atoms with Gasteiger partial charge in [-0.3, -0.25) is 4.79 Å². The first-order chi connectivity index (χ1) is 12.6. The predicted octanol–water partition coefficient (Wildman–Crippen LogP) is 5.34. The van der Waals surface area contributed by atoms with Crippen molar-refractivity contribution in [3.8, 4) is 0 Å². The topological polar surface area (TPSA) is 54.9 Å². The van der Waals surface area contributed by atoms with Crippen LogP contribution < -0.4 is 5.32 Å². The fourth-order valence-electron chi connectivity index (χ4n) is 3.17. The molecule has 0 fully saturated rings. The number of fused-ring (bicyclic) bond motifs is 3. The first kappa shape index (κ1) is 17.8. The van der Waals surface area contributed by atoms with Gasteiger partial charge in [-0.25, -0.2) is 9.97 Å². The van der Waals surface area contributed by atoms with Gasteiger partial charge in [-0.1, -0.05) is 35.5 Å². The standard InChI is InChI=1S/C19H18ClN3OS2/c1-11(17(24)23-14-8-4-3-7-13(14)20)25-18-16-12-6-2-5-9-15(12)26-19(16)22-10-21-18/h3-4,7-8,10-11H,2,5-6,9H2,1H3,(H,23,24)/t11-/m0/s1. The lowest BCUT2D eigenvalue weighted by Crippen LogP contribution is -2.22. The van der Waals surface area contributed by atoms with Crippen molar-refractivity contribution in [3.63, 3.8) is 0 Å². The van der Waals surface area contributed by atoms with Gasteiger partial charge in [0.25, 0.3) is 0 Å². The maximum absolute atomic E-state index is 12.6. The molecule has 0 saturated heterocycles. The highest BCUT2D eigenvalue weighted by atomic mass is 35.5. The molecule has 2 aromatic heterocycles. The summed E-state index contributed by atoms with van der Waals surface area (Å²) in [5, 5.41) is 5.20. The number of amides is 1. The van der Waals surface area contributed by atoms with Gasteiger partial charge in [0.1, 0.15) is 16.2 Å². The van der Waals surface area contributed by atoms with Crippen LogP contribution in [-0.4, -0.2) is 21.1 Å². The van der Waals surface area contributed by atoms with Crippen LogP contribution in [0.4, 0.5) is 5.69 Å². The Balaban J connectivity index is 1.58. The Labute approximate surface area is 165 Å². The first-order valence-electron chi connectivity index (χ1n) is 8.61. The summed E-state index contributed by atoms with van der Waals surface area (Å²) in [6.07, 6.45) is 6.26. The van der Waals surface area contributed by atoms with Gasteiger partial charge in [-0.2, -0.15) is 0 Å². The Bertz CT molecular complexity index is 973. The second kappa shape index (κ2) is 7.55. The Morgan fingerprint density at radius 2 is 2.08 bits per heavy atom. The van der Waals surface area contributed by atoms with E-state index in [9.17, 15) is 4.79 Å². The van der Waals surface area contributed by atoms with Gasteiger partial charge in [0.05, 0.1) is 16.0 Å². The summed E-state index contributed by atoms with van der Waals surface area (Å²) in [5.41, 5.74) is 2.02. The van der Waals surface area contributed by atoms with Crippen LogP contribution >= 0.6 is 34.7 Å². The molecule has 2 heterocycles. The van der Waals surface area contributed by atoms with Crippen LogP contribution in [0, 0.1) is 0 Å². The monoisotopic (exact) mass is 403 g/mol. The molecule has 7 heteroatoms. The number of nitrogens with zero attached hydrogens (tertiary/aromatic N) is 2. The molecule has 3 aromatic rings. The zero-order chi connectivity index (χ0) is 18.1. The number of benzene rings is 1. The second-order valence-electron chi connectivity index (χ2n) is 6.30. The molecular formula is C19H18ClN3OS2. The normalized spacial score (nSPS) is 14.8. The third-order valence-electron chi connectivity index (χ3n) is 4.51. The van der Waals surface area contributed by atoms with Gasteiger partial charge in [0.2, 0.25) is 5.91 Å². The Morgan fingerprint density at radius 1 is 1.27 bits per heavy atom. The average molecular weight is 404 g/mol.